The van der Waals surface area contributed by atoms with Crippen molar-refractivity contribution < 1.29 is 14.0 Å². The molecule has 3 rings (SSSR count). The average molecular weight is 320 g/mol. The number of hydrogen-bond acceptors (Lipinski definition) is 2. The summed E-state index contributed by atoms with van der Waals surface area (Å²) in [6.45, 7) is 0. The van der Waals surface area contributed by atoms with Gasteiger partial charge < -0.3 is 0 Å². The van der Waals surface area contributed by atoms with E-state index in [1.165, 1.54) is 12.1 Å². The van der Waals surface area contributed by atoms with E-state index in [1.807, 2.05) is 0 Å². The van der Waals surface area contributed by atoms with Gasteiger partial charge in [0.15, 0.2) is 0 Å². The molecule has 19 heavy (non-hydrogen) atoms. The zero-order valence-corrected chi connectivity index (χ0v) is 11.1. The Hall–Kier alpha value is -2.01. The number of imide groups is 1. The summed E-state index contributed by atoms with van der Waals surface area (Å²) in [6, 6.07) is 10.7. The van der Waals surface area contributed by atoms with E-state index in [-0.39, 0.29) is 5.69 Å². The summed E-state index contributed by atoms with van der Waals surface area (Å²) in [5.74, 6) is -1.62. The number of carbonyl (C=O) groups excluding carboxylic acids is 2. The van der Waals surface area contributed by atoms with Gasteiger partial charge in [-0.3, -0.25) is 9.59 Å². The van der Waals surface area contributed by atoms with Crippen LogP contribution in [0.2, 0.25) is 0 Å². The highest BCUT2D eigenvalue weighted by atomic mass is 79.9. The summed E-state index contributed by atoms with van der Waals surface area (Å²) in [5.41, 5.74) is 0.569. The highest BCUT2D eigenvalue weighted by molar-refractivity contribution is 9.10. The fraction of sp³-hybridized carbons (Fsp3) is 0. The van der Waals surface area contributed by atoms with E-state index >= 15 is 0 Å². The molecule has 0 saturated heterocycles. The average Bonchev–Trinajstić information content (AvgIpc) is 2.64. The lowest BCUT2D eigenvalue weighted by molar-refractivity contribution is 0.0925. The number of halogens is 2. The van der Waals surface area contributed by atoms with Crippen molar-refractivity contribution in [3.8, 4) is 0 Å². The van der Waals surface area contributed by atoms with Gasteiger partial charge in [0, 0.05) is 4.47 Å². The highest BCUT2D eigenvalue weighted by Gasteiger charge is 2.37. The third-order valence-corrected chi connectivity index (χ3v) is 3.44. The van der Waals surface area contributed by atoms with Gasteiger partial charge in [0.1, 0.15) is 5.82 Å². The Bertz CT molecular complexity index is 679. The van der Waals surface area contributed by atoms with Gasteiger partial charge in [-0.25, -0.2) is 9.29 Å². The van der Waals surface area contributed by atoms with Crippen molar-refractivity contribution in [2.24, 2.45) is 0 Å². The molecule has 94 valence electrons. The Morgan fingerprint density at radius 3 is 2.05 bits per heavy atom. The lowest BCUT2D eigenvalue weighted by Gasteiger charge is -2.14. The number of hydrogen-bond donors (Lipinski definition) is 0. The van der Waals surface area contributed by atoms with Crippen molar-refractivity contribution in [2.75, 3.05) is 4.90 Å². The predicted octanol–water partition coefficient (Wildman–Crippen LogP) is 3.39. The normalized spacial score (nSPS) is 13.9. The second-order valence-electron chi connectivity index (χ2n) is 4.09. The van der Waals surface area contributed by atoms with E-state index in [0.717, 1.165) is 4.90 Å². The van der Waals surface area contributed by atoms with E-state index in [0.29, 0.717) is 15.6 Å². The number of anilines is 1. The SMILES string of the molecule is O=C1c2ccccc2C(=O)N1c1ccc(Br)cc1F. The minimum absolute atomic E-state index is 0.0330. The molecule has 0 radical (unpaired) electrons. The standard InChI is InChI=1S/C14H7BrFNO2/c15-8-5-6-12(11(16)7-8)17-13(18)9-3-1-2-4-10(9)14(17)19/h1-7H. The largest absolute Gasteiger partial charge is 0.268 e. The minimum atomic E-state index is -0.621. The van der Waals surface area contributed by atoms with Gasteiger partial charge in [-0.1, -0.05) is 28.1 Å². The van der Waals surface area contributed by atoms with E-state index < -0.39 is 17.6 Å². The maximum atomic E-state index is 13.9. The highest BCUT2D eigenvalue weighted by Crippen LogP contribution is 2.31. The van der Waals surface area contributed by atoms with Gasteiger partial charge in [0.25, 0.3) is 11.8 Å². The third kappa shape index (κ3) is 1.77. The number of carbonyl (C=O) groups is 2. The van der Waals surface area contributed by atoms with Crippen molar-refractivity contribution in [2.45, 2.75) is 0 Å². The topological polar surface area (TPSA) is 37.4 Å². The molecule has 0 spiro atoms. The molecule has 1 aliphatic rings. The molecule has 1 aliphatic heterocycles. The van der Waals surface area contributed by atoms with Crippen molar-refractivity contribution in [3.63, 3.8) is 0 Å². The van der Waals surface area contributed by atoms with Gasteiger partial charge in [-0.2, -0.15) is 0 Å². The molecule has 0 bridgehead atoms. The van der Waals surface area contributed by atoms with Crippen LogP contribution in [0.15, 0.2) is 46.9 Å². The van der Waals surface area contributed by atoms with Gasteiger partial charge in [-0.15, -0.1) is 0 Å². The Labute approximate surface area is 116 Å². The number of rotatable bonds is 1. The first-order valence-corrected chi connectivity index (χ1v) is 6.32. The third-order valence-electron chi connectivity index (χ3n) is 2.94. The van der Waals surface area contributed by atoms with Gasteiger partial charge in [-0.05, 0) is 30.3 Å². The molecule has 0 atom stereocenters. The summed E-state index contributed by atoms with van der Waals surface area (Å²) in [7, 11) is 0. The molecule has 5 heteroatoms. The molecule has 0 N–H and O–H groups in total. The van der Waals surface area contributed by atoms with Crippen molar-refractivity contribution in [3.05, 3.63) is 63.9 Å². The summed E-state index contributed by atoms with van der Waals surface area (Å²) in [4.78, 5) is 25.2. The van der Waals surface area contributed by atoms with Gasteiger partial charge in [0.05, 0.1) is 16.8 Å². The van der Waals surface area contributed by atoms with E-state index in [4.69, 9.17) is 0 Å². The van der Waals surface area contributed by atoms with Crippen LogP contribution in [0.25, 0.3) is 0 Å². The molecular formula is C14H7BrFNO2. The van der Waals surface area contributed by atoms with Crippen LogP contribution in [-0.2, 0) is 0 Å². The number of benzene rings is 2. The molecule has 0 aliphatic carbocycles. The summed E-state index contributed by atoms with van der Waals surface area (Å²) in [6.07, 6.45) is 0. The van der Waals surface area contributed by atoms with Crippen molar-refractivity contribution >= 4 is 33.4 Å². The first kappa shape index (κ1) is 12.0. The quantitative estimate of drug-likeness (QED) is 0.755. The predicted molar refractivity (Wildman–Crippen MR) is 71.7 cm³/mol. The lowest BCUT2D eigenvalue weighted by Crippen LogP contribution is -2.30. The zero-order valence-electron chi connectivity index (χ0n) is 9.56. The number of amides is 2. The van der Waals surface area contributed by atoms with Gasteiger partial charge in [0.2, 0.25) is 0 Å². The summed E-state index contributed by atoms with van der Waals surface area (Å²) >= 11 is 3.14. The van der Waals surface area contributed by atoms with E-state index in [9.17, 15) is 14.0 Å². The van der Waals surface area contributed by atoms with Crippen LogP contribution in [0, 0.1) is 5.82 Å². The maximum absolute atomic E-state index is 13.9. The molecule has 0 fully saturated rings. The van der Waals surface area contributed by atoms with Crippen LogP contribution in [0.3, 0.4) is 0 Å². The fourth-order valence-corrected chi connectivity index (χ4v) is 2.40. The molecule has 0 saturated carbocycles. The first-order valence-electron chi connectivity index (χ1n) is 5.52. The molecule has 2 amide bonds. The Balaban J connectivity index is 2.14. The molecule has 3 nitrogen and oxygen atoms in total. The Morgan fingerprint density at radius 2 is 1.53 bits per heavy atom. The van der Waals surface area contributed by atoms with Gasteiger partial charge >= 0.3 is 0 Å². The number of nitrogens with zero attached hydrogens (tertiary/aromatic N) is 1. The van der Waals surface area contributed by atoms with Crippen LogP contribution in [0.1, 0.15) is 20.7 Å². The van der Waals surface area contributed by atoms with Crippen molar-refractivity contribution in [1.82, 2.24) is 0 Å². The van der Waals surface area contributed by atoms with Crippen LogP contribution in [0.5, 0.6) is 0 Å². The minimum Gasteiger partial charge on any atom is -0.268 e. The maximum Gasteiger partial charge on any atom is 0.266 e. The second-order valence-corrected chi connectivity index (χ2v) is 5.00. The molecule has 2 aromatic rings. The Morgan fingerprint density at radius 1 is 0.947 bits per heavy atom. The molecular weight excluding hydrogens is 313 g/mol. The molecule has 1 heterocycles. The van der Waals surface area contributed by atoms with Crippen LogP contribution in [0.4, 0.5) is 10.1 Å². The second kappa shape index (κ2) is 4.28. The van der Waals surface area contributed by atoms with Crippen LogP contribution in [-0.4, -0.2) is 11.8 Å². The molecule has 0 unspecified atom stereocenters. The fourth-order valence-electron chi connectivity index (χ4n) is 2.07. The lowest BCUT2D eigenvalue weighted by atomic mass is 10.1. The first-order chi connectivity index (χ1) is 9.09. The van der Waals surface area contributed by atoms with Crippen molar-refractivity contribution in [1.29, 1.82) is 0 Å². The summed E-state index contributed by atoms with van der Waals surface area (Å²) in [5, 5.41) is 0. The Kier molecular flexibility index (Phi) is 2.71. The van der Waals surface area contributed by atoms with Crippen LogP contribution >= 0.6 is 15.9 Å². The van der Waals surface area contributed by atoms with E-state index in [2.05, 4.69) is 15.9 Å². The zero-order chi connectivity index (χ0) is 13.6. The summed E-state index contributed by atoms with van der Waals surface area (Å²) < 4.78 is 14.4. The molecule has 2 aromatic carbocycles. The smallest absolute Gasteiger partial charge is 0.266 e. The van der Waals surface area contributed by atoms with Crippen LogP contribution < -0.4 is 4.90 Å². The molecule has 0 aromatic heterocycles. The monoisotopic (exact) mass is 319 g/mol. The van der Waals surface area contributed by atoms with E-state index in [1.54, 1.807) is 30.3 Å². The number of fused-ring (bicyclic) bond motifs is 1.